The van der Waals surface area contributed by atoms with Crippen molar-refractivity contribution in [2.45, 2.75) is 6.92 Å². The number of nitrogens with two attached hydrogens (primary N) is 1. The molecule has 160 valence electrons. The lowest BCUT2D eigenvalue weighted by molar-refractivity contribution is -0.115. The lowest BCUT2D eigenvalue weighted by atomic mass is 10.1. The zero-order valence-corrected chi connectivity index (χ0v) is 16.9. The Labute approximate surface area is 177 Å². The normalized spacial score (nSPS) is 14.0. The van der Waals surface area contributed by atoms with Crippen molar-refractivity contribution in [3.8, 4) is 0 Å². The van der Waals surface area contributed by atoms with Crippen molar-refractivity contribution in [3.63, 3.8) is 0 Å². The quantitative estimate of drug-likeness (QED) is 0.532. The number of carbonyl (C=O) groups is 2. The minimum Gasteiger partial charge on any atom is -0.477 e. The Morgan fingerprint density at radius 3 is 2.45 bits per heavy atom. The van der Waals surface area contributed by atoms with Gasteiger partial charge >= 0.3 is 5.97 Å². The molecule has 31 heavy (non-hydrogen) atoms. The topological polar surface area (TPSA) is 134 Å². The van der Waals surface area contributed by atoms with Crippen LogP contribution in [0, 0.1) is 0 Å². The minimum absolute atomic E-state index is 0.127. The average molecular weight is 422 g/mol. The number of piperazine rings is 1. The first-order chi connectivity index (χ1) is 14.8. The summed E-state index contributed by atoms with van der Waals surface area (Å²) in [6.07, 6.45) is 2.88. The van der Waals surface area contributed by atoms with Crippen LogP contribution in [0.15, 0.2) is 47.5 Å². The third-order valence-electron chi connectivity index (χ3n) is 5.25. The van der Waals surface area contributed by atoms with Gasteiger partial charge in [-0.05, 0) is 24.3 Å². The molecule has 0 saturated carbocycles. The number of pyridine rings is 2. The van der Waals surface area contributed by atoms with Gasteiger partial charge in [-0.3, -0.25) is 19.7 Å². The first-order valence-electron chi connectivity index (χ1n) is 9.76. The van der Waals surface area contributed by atoms with Gasteiger partial charge in [-0.2, -0.15) is 0 Å². The number of carboxylic acid groups (broad SMARTS) is 1. The van der Waals surface area contributed by atoms with Gasteiger partial charge in [0.05, 0.1) is 22.3 Å². The van der Waals surface area contributed by atoms with Gasteiger partial charge in [-0.25, -0.2) is 9.78 Å². The number of carbonyl (C=O) groups excluding carboxylic acids is 1. The first-order valence-corrected chi connectivity index (χ1v) is 9.76. The highest BCUT2D eigenvalue weighted by Crippen LogP contribution is 2.29. The second kappa shape index (κ2) is 7.98. The lowest BCUT2D eigenvalue weighted by Crippen LogP contribution is -2.47. The SMILES string of the molecule is CC(=O)Nn1cc(C(=O)O)c(=O)c2cc(N)c(N3CCN(c4ccccn4)CC3)cc21. The third-order valence-corrected chi connectivity index (χ3v) is 5.25. The smallest absolute Gasteiger partial charge is 0.341 e. The number of anilines is 3. The number of carboxylic acids is 1. The summed E-state index contributed by atoms with van der Waals surface area (Å²) in [6, 6.07) is 8.97. The molecular formula is C21H22N6O4. The molecule has 4 rings (SSSR count). The van der Waals surface area contributed by atoms with E-state index >= 15 is 0 Å². The minimum atomic E-state index is -1.38. The van der Waals surface area contributed by atoms with Crippen molar-refractivity contribution < 1.29 is 14.7 Å². The Hall–Kier alpha value is -4.08. The number of nitrogens with zero attached hydrogens (tertiary/aromatic N) is 4. The van der Waals surface area contributed by atoms with Crippen molar-refractivity contribution in [1.29, 1.82) is 0 Å². The number of hydrogen-bond donors (Lipinski definition) is 3. The fourth-order valence-corrected chi connectivity index (χ4v) is 3.78. The van der Waals surface area contributed by atoms with E-state index in [9.17, 15) is 19.5 Å². The molecule has 3 aromatic rings. The van der Waals surface area contributed by atoms with Crippen molar-refractivity contribution >= 4 is 40.0 Å². The highest BCUT2D eigenvalue weighted by atomic mass is 16.4. The van der Waals surface area contributed by atoms with Crippen molar-refractivity contribution in [2.75, 3.05) is 47.1 Å². The molecule has 3 heterocycles. The molecule has 1 aliphatic rings. The maximum absolute atomic E-state index is 12.7. The van der Waals surface area contributed by atoms with Crippen molar-refractivity contribution in [2.24, 2.45) is 0 Å². The maximum atomic E-state index is 12.7. The van der Waals surface area contributed by atoms with E-state index in [-0.39, 0.29) is 5.39 Å². The molecule has 0 spiro atoms. The van der Waals surface area contributed by atoms with Crippen LogP contribution >= 0.6 is 0 Å². The molecule has 1 aliphatic heterocycles. The van der Waals surface area contributed by atoms with Crippen LogP contribution in [0.3, 0.4) is 0 Å². The molecule has 0 atom stereocenters. The number of rotatable bonds is 4. The Morgan fingerprint density at radius 1 is 1.13 bits per heavy atom. The van der Waals surface area contributed by atoms with E-state index in [1.807, 2.05) is 18.2 Å². The number of nitrogens with one attached hydrogen (secondary N) is 1. The number of benzene rings is 1. The van der Waals surface area contributed by atoms with E-state index in [0.29, 0.717) is 24.3 Å². The predicted octanol–water partition coefficient (Wildman–Crippen LogP) is 1.09. The second-order valence-corrected chi connectivity index (χ2v) is 7.31. The molecule has 0 radical (unpaired) electrons. The standard InChI is InChI=1S/C21H22N6O4/c1-13(28)24-27-12-15(21(30)31)20(29)14-10-16(22)18(11-17(14)27)25-6-8-26(9-7-25)19-4-2-3-5-23-19/h2-5,10-12H,6-9,22H2,1H3,(H,24,28)(H,30,31). The molecule has 10 nitrogen and oxygen atoms in total. The Bertz CT molecular complexity index is 1220. The zero-order valence-electron chi connectivity index (χ0n) is 16.9. The van der Waals surface area contributed by atoms with Gasteiger partial charge in [0.15, 0.2) is 0 Å². The van der Waals surface area contributed by atoms with Crippen LogP contribution in [0.4, 0.5) is 17.2 Å². The maximum Gasteiger partial charge on any atom is 0.341 e. The number of nitrogen functional groups attached to an aromatic ring is 1. The van der Waals surface area contributed by atoms with Gasteiger partial charge in [0.2, 0.25) is 11.3 Å². The van der Waals surface area contributed by atoms with Crippen LogP contribution in [-0.4, -0.2) is 52.8 Å². The van der Waals surface area contributed by atoms with Gasteiger partial charge in [-0.1, -0.05) is 6.07 Å². The van der Waals surface area contributed by atoms with E-state index in [1.165, 1.54) is 17.7 Å². The molecule has 1 saturated heterocycles. The molecule has 1 amide bonds. The summed E-state index contributed by atoms with van der Waals surface area (Å²) in [4.78, 5) is 44.4. The molecule has 0 aliphatic carbocycles. The van der Waals surface area contributed by atoms with E-state index in [2.05, 4.69) is 20.2 Å². The van der Waals surface area contributed by atoms with Gasteiger partial charge in [0.25, 0.3) is 0 Å². The zero-order chi connectivity index (χ0) is 22.1. The van der Waals surface area contributed by atoms with Crippen LogP contribution < -0.4 is 26.4 Å². The number of hydrogen-bond acceptors (Lipinski definition) is 7. The Kier molecular flexibility index (Phi) is 5.20. The summed E-state index contributed by atoms with van der Waals surface area (Å²) in [5, 5.41) is 9.48. The fraction of sp³-hybridized carbons (Fsp3) is 0.238. The molecule has 0 bridgehead atoms. The third kappa shape index (κ3) is 3.87. The Balaban J connectivity index is 1.72. The first kappa shape index (κ1) is 20.2. The summed E-state index contributed by atoms with van der Waals surface area (Å²) in [5.41, 5.74) is 9.17. The fourth-order valence-electron chi connectivity index (χ4n) is 3.78. The summed E-state index contributed by atoms with van der Waals surface area (Å²) < 4.78 is 1.26. The molecule has 0 unspecified atom stereocenters. The molecule has 2 aromatic heterocycles. The van der Waals surface area contributed by atoms with Crippen molar-refractivity contribution in [3.05, 3.63) is 58.5 Å². The lowest BCUT2D eigenvalue weighted by Gasteiger charge is -2.37. The molecule has 1 fully saturated rings. The van der Waals surface area contributed by atoms with Gasteiger partial charge in [-0.15, -0.1) is 0 Å². The second-order valence-electron chi connectivity index (χ2n) is 7.31. The summed E-state index contributed by atoms with van der Waals surface area (Å²) in [5.74, 6) is -0.864. The number of aromatic carboxylic acids is 1. The number of amides is 1. The molecule has 10 heteroatoms. The summed E-state index contributed by atoms with van der Waals surface area (Å²) >= 11 is 0. The average Bonchev–Trinajstić information content (AvgIpc) is 2.76. The molecule has 4 N–H and O–H groups in total. The van der Waals surface area contributed by atoms with Crippen LogP contribution in [-0.2, 0) is 4.79 Å². The largest absolute Gasteiger partial charge is 0.477 e. The highest BCUT2D eigenvalue weighted by Gasteiger charge is 2.22. The Morgan fingerprint density at radius 2 is 1.84 bits per heavy atom. The molecular weight excluding hydrogens is 400 g/mol. The summed E-state index contributed by atoms with van der Waals surface area (Å²) in [6.45, 7) is 4.16. The van der Waals surface area contributed by atoms with Crippen LogP contribution in [0.2, 0.25) is 0 Å². The monoisotopic (exact) mass is 422 g/mol. The van der Waals surface area contributed by atoms with Gasteiger partial charge < -0.3 is 20.6 Å². The highest BCUT2D eigenvalue weighted by molar-refractivity contribution is 5.97. The van der Waals surface area contributed by atoms with E-state index in [1.54, 1.807) is 12.3 Å². The van der Waals surface area contributed by atoms with E-state index in [4.69, 9.17) is 5.73 Å². The van der Waals surface area contributed by atoms with Crippen LogP contribution in [0.5, 0.6) is 0 Å². The number of aromatic nitrogens is 2. The van der Waals surface area contributed by atoms with Crippen LogP contribution in [0.1, 0.15) is 17.3 Å². The van der Waals surface area contributed by atoms with Crippen molar-refractivity contribution in [1.82, 2.24) is 9.66 Å². The van der Waals surface area contributed by atoms with Gasteiger partial charge in [0, 0.05) is 45.5 Å². The molecule has 1 aromatic carbocycles. The van der Waals surface area contributed by atoms with E-state index in [0.717, 1.165) is 30.8 Å². The van der Waals surface area contributed by atoms with E-state index < -0.39 is 22.9 Å². The number of fused-ring (bicyclic) bond motifs is 1. The van der Waals surface area contributed by atoms with Crippen LogP contribution in [0.25, 0.3) is 10.9 Å². The predicted molar refractivity (Wildman–Crippen MR) is 118 cm³/mol. The summed E-state index contributed by atoms with van der Waals surface area (Å²) in [7, 11) is 0. The van der Waals surface area contributed by atoms with Gasteiger partial charge in [0.1, 0.15) is 11.4 Å².